The van der Waals surface area contributed by atoms with Gasteiger partial charge in [0.15, 0.2) is 11.5 Å². The molecule has 2 fully saturated rings. The quantitative estimate of drug-likeness (QED) is 0.722. The summed E-state index contributed by atoms with van der Waals surface area (Å²) in [5, 5.41) is 22.6. The van der Waals surface area contributed by atoms with E-state index < -0.39 is 0 Å². The Kier molecular flexibility index (Phi) is 4.27. The van der Waals surface area contributed by atoms with Crippen molar-refractivity contribution in [2.75, 3.05) is 23.3 Å². The highest BCUT2D eigenvalue weighted by Crippen LogP contribution is 2.39. The van der Waals surface area contributed by atoms with Crippen LogP contribution in [0, 0.1) is 0 Å². The fourth-order valence-electron chi connectivity index (χ4n) is 3.67. The minimum Gasteiger partial charge on any atom is -0.355 e. The SMILES string of the molecule is O=C(Nc1ccc2nnc(C3CC3)n2c1)NC1CCN(c2cccnn2)CC1. The summed E-state index contributed by atoms with van der Waals surface area (Å²) >= 11 is 0. The smallest absolute Gasteiger partial charge is 0.319 e. The molecule has 0 unspecified atom stereocenters. The number of nitrogens with zero attached hydrogens (tertiary/aromatic N) is 6. The van der Waals surface area contributed by atoms with Crippen LogP contribution < -0.4 is 15.5 Å². The van der Waals surface area contributed by atoms with E-state index in [0.29, 0.717) is 5.92 Å². The van der Waals surface area contributed by atoms with Crippen molar-refractivity contribution in [3.63, 3.8) is 0 Å². The zero-order chi connectivity index (χ0) is 18.9. The minimum absolute atomic E-state index is 0.147. The molecule has 9 nitrogen and oxygen atoms in total. The van der Waals surface area contributed by atoms with Crippen LogP contribution in [0.3, 0.4) is 0 Å². The predicted octanol–water partition coefficient (Wildman–Crippen LogP) is 2.19. The summed E-state index contributed by atoms with van der Waals surface area (Å²) in [4.78, 5) is 14.6. The van der Waals surface area contributed by atoms with E-state index in [1.165, 1.54) is 0 Å². The number of piperidine rings is 1. The molecule has 1 saturated heterocycles. The molecule has 1 aliphatic heterocycles. The third-order valence-electron chi connectivity index (χ3n) is 5.34. The Morgan fingerprint density at radius 1 is 1.04 bits per heavy atom. The number of carbonyl (C=O) groups is 1. The van der Waals surface area contributed by atoms with Crippen LogP contribution in [0.1, 0.15) is 37.4 Å². The van der Waals surface area contributed by atoms with Crippen LogP contribution in [0.15, 0.2) is 36.7 Å². The largest absolute Gasteiger partial charge is 0.355 e. The molecule has 0 atom stereocenters. The number of fused-ring (bicyclic) bond motifs is 1. The van der Waals surface area contributed by atoms with Gasteiger partial charge in [0.05, 0.1) is 5.69 Å². The predicted molar refractivity (Wildman–Crippen MR) is 104 cm³/mol. The monoisotopic (exact) mass is 378 g/mol. The number of aromatic nitrogens is 5. The number of hydrogen-bond acceptors (Lipinski definition) is 6. The highest BCUT2D eigenvalue weighted by molar-refractivity contribution is 5.89. The van der Waals surface area contributed by atoms with Crippen molar-refractivity contribution in [2.45, 2.75) is 37.6 Å². The van der Waals surface area contributed by atoms with Crippen LogP contribution in [0.25, 0.3) is 5.65 Å². The van der Waals surface area contributed by atoms with Gasteiger partial charge in [0.25, 0.3) is 0 Å². The molecule has 2 N–H and O–H groups in total. The van der Waals surface area contributed by atoms with E-state index in [4.69, 9.17) is 0 Å². The maximum absolute atomic E-state index is 12.4. The second-order valence-corrected chi connectivity index (χ2v) is 7.42. The molecule has 1 saturated carbocycles. The first kappa shape index (κ1) is 16.9. The number of hydrogen-bond donors (Lipinski definition) is 2. The molecule has 4 heterocycles. The number of pyridine rings is 1. The van der Waals surface area contributed by atoms with Crippen molar-refractivity contribution in [1.82, 2.24) is 30.1 Å². The first-order valence-corrected chi connectivity index (χ1v) is 9.71. The first-order chi connectivity index (χ1) is 13.8. The molecule has 2 amide bonds. The van der Waals surface area contributed by atoms with Gasteiger partial charge in [-0.15, -0.1) is 15.3 Å². The molecular formula is C19H22N8O. The Labute approximate surface area is 162 Å². The number of urea groups is 1. The molecule has 3 aromatic heterocycles. The molecule has 28 heavy (non-hydrogen) atoms. The number of nitrogens with one attached hydrogen (secondary N) is 2. The summed E-state index contributed by atoms with van der Waals surface area (Å²) in [5.74, 6) is 2.37. The van der Waals surface area contributed by atoms with E-state index in [1.54, 1.807) is 6.20 Å². The maximum Gasteiger partial charge on any atom is 0.319 e. The van der Waals surface area contributed by atoms with E-state index in [2.05, 4.69) is 35.9 Å². The molecule has 9 heteroatoms. The van der Waals surface area contributed by atoms with Crippen LogP contribution in [0.4, 0.5) is 16.3 Å². The molecule has 1 aliphatic carbocycles. The third kappa shape index (κ3) is 3.47. The van der Waals surface area contributed by atoms with Crippen LogP contribution in [0.5, 0.6) is 0 Å². The van der Waals surface area contributed by atoms with Crippen molar-refractivity contribution in [1.29, 1.82) is 0 Å². The lowest BCUT2D eigenvalue weighted by atomic mass is 10.1. The summed E-state index contributed by atoms with van der Waals surface area (Å²) in [6.45, 7) is 1.70. The van der Waals surface area contributed by atoms with Gasteiger partial charge in [-0.1, -0.05) is 0 Å². The summed E-state index contributed by atoms with van der Waals surface area (Å²) in [6.07, 6.45) is 7.64. The van der Waals surface area contributed by atoms with Gasteiger partial charge in [-0.3, -0.25) is 4.40 Å². The molecule has 0 aromatic carbocycles. The Balaban J connectivity index is 1.18. The Bertz CT molecular complexity index is 976. The van der Waals surface area contributed by atoms with Crippen molar-refractivity contribution in [3.8, 4) is 0 Å². The lowest BCUT2D eigenvalue weighted by Crippen LogP contribution is -2.46. The van der Waals surface area contributed by atoms with Gasteiger partial charge in [0.2, 0.25) is 0 Å². The van der Waals surface area contributed by atoms with Crippen molar-refractivity contribution in [2.24, 2.45) is 0 Å². The van der Waals surface area contributed by atoms with Gasteiger partial charge in [0.1, 0.15) is 5.82 Å². The lowest BCUT2D eigenvalue weighted by molar-refractivity contribution is 0.246. The first-order valence-electron chi connectivity index (χ1n) is 9.71. The summed E-state index contributed by atoms with van der Waals surface area (Å²) in [6, 6.07) is 7.56. The summed E-state index contributed by atoms with van der Waals surface area (Å²) in [5.41, 5.74) is 1.55. The number of anilines is 2. The lowest BCUT2D eigenvalue weighted by Gasteiger charge is -2.32. The normalized spacial score (nSPS) is 17.6. The summed E-state index contributed by atoms with van der Waals surface area (Å²) < 4.78 is 1.98. The molecule has 144 valence electrons. The van der Waals surface area contributed by atoms with Crippen molar-refractivity contribution in [3.05, 3.63) is 42.5 Å². The van der Waals surface area contributed by atoms with Gasteiger partial charge in [-0.2, -0.15) is 5.10 Å². The fraction of sp³-hybridized carbons (Fsp3) is 0.421. The van der Waals surface area contributed by atoms with Crippen LogP contribution in [0.2, 0.25) is 0 Å². The van der Waals surface area contributed by atoms with E-state index >= 15 is 0 Å². The van der Waals surface area contributed by atoms with E-state index in [0.717, 1.165) is 61.7 Å². The number of amides is 2. The average molecular weight is 378 g/mol. The molecule has 2 aliphatic rings. The third-order valence-corrected chi connectivity index (χ3v) is 5.34. The second kappa shape index (κ2) is 7.06. The molecule has 0 radical (unpaired) electrons. The number of carbonyl (C=O) groups excluding carboxylic acids is 1. The zero-order valence-corrected chi connectivity index (χ0v) is 15.5. The van der Waals surface area contributed by atoms with Gasteiger partial charge in [0, 0.05) is 37.4 Å². The van der Waals surface area contributed by atoms with Crippen molar-refractivity contribution < 1.29 is 4.79 Å². The van der Waals surface area contributed by atoms with E-state index in [1.807, 2.05) is 34.9 Å². The minimum atomic E-state index is -0.182. The van der Waals surface area contributed by atoms with Gasteiger partial charge < -0.3 is 15.5 Å². The van der Waals surface area contributed by atoms with Crippen LogP contribution in [-0.4, -0.2) is 50.0 Å². The number of rotatable bonds is 4. The Morgan fingerprint density at radius 2 is 1.89 bits per heavy atom. The second-order valence-electron chi connectivity index (χ2n) is 7.42. The molecule has 0 spiro atoms. The maximum atomic E-state index is 12.4. The Morgan fingerprint density at radius 3 is 2.64 bits per heavy atom. The zero-order valence-electron chi connectivity index (χ0n) is 15.5. The van der Waals surface area contributed by atoms with Crippen LogP contribution >= 0.6 is 0 Å². The van der Waals surface area contributed by atoms with Crippen LogP contribution in [-0.2, 0) is 0 Å². The topological polar surface area (TPSA) is 100 Å². The van der Waals surface area contributed by atoms with E-state index in [-0.39, 0.29) is 12.1 Å². The van der Waals surface area contributed by atoms with Gasteiger partial charge in [-0.25, -0.2) is 4.79 Å². The summed E-state index contributed by atoms with van der Waals surface area (Å²) in [7, 11) is 0. The highest BCUT2D eigenvalue weighted by atomic mass is 16.2. The van der Waals surface area contributed by atoms with Gasteiger partial charge in [-0.05, 0) is 49.9 Å². The Hall–Kier alpha value is -3.23. The van der Waals surface area contributed by atoms with E-state index in [9.17, 15) is 4.79 Å². The molecule has 5 rings (SSSR count). The van der Waals surface area contributed by atoms with Crippen molar-refractivity contribution >= 4 is 23.2 Å². The highest BCUT2D eigenvalue weighted by Gasteiger charge is 2.28. The molecular weight excluding hydrogens is 356 g/mol. The fourth-order valence-corrected chi connectivity index (χ4v) is 3.67. The molecule has 0 bridgehead atoms. The standard InChI is InChI=1S/C19H22N8O/c28-19(21-14-7-10-26(11-8-14)16-2-1-9-20-23-16)22-15-5-6-17-24-25-18(13-3-4-13)27(17)12-15/h1-2,5-6,9,12-14H,3-4,7-8,10-11H2,(H2,21,22,28). The average Bonchev–Trinajstić information content (AvgIpc) is 3.48. The molecule has 3 aromatic rings. The van der Waals surface area contributed by atoms with Gasteiger partial charge >= 0.3 is 6.03 Å².